The Bertz CT molecular complexity index is 529. The number of nitrogens with zero attached hydrogens (tertiary/aromatic N) is 1. The number of carbonyl (C=O) groups excluding carboxylic acids is 1. The molecule has 0 bridgehead atoms. The summed E-state index contributed by atoms with van der Waals surface area (Å²) in [7, 11) is 0. The molecule has 4 rings (SSSR count). The smallest absolute Gasteiger partial charge is 0.226 e. The quantitative estimate of drug-likeness (QED) is 0.912. The van der Waals surface area contributed by atoms with Gasteiger partial charge in [0.05, 0.1) is 6.04 Å². The lowest BCUT2D eigenvalue weighted by molar-refractivity contribution is -0.140. The second-order valence-corrected chi connectivity index (χ2v) is 7.98. The molecule has 2 N–H and O–H groups in total. The van der Waals surface area contributed by atoms with Gasteiger partial charge in [0.25, 0.3) is 0 Å². The third kappa shape index (κ3) is 2.53. The van der Waals surface area contributed by atoms with Crippen molar-refractivity contribution >= 4 is 17.2 Å². The van der Waals surface area contributed by atoms with Gasteiger partial charge in [-0.05, 0) is 67.9 Å². The van der Waals surface area contributed by atoms with Crippen molar-refractivity contribution in [1.29, 1.82) is 0 Å². The zero-order chi connectivity index (χ0) is 14.4. The molecule has 2 aliphatic carbocycles. The van der Waals surface area contributed by atoms with E-state index in [1.807, 2.05) is 11.3 Å². The predicted octanol–water partition coefficient (Wildman–Crippen LogP) is 3.10. The van der Waals surface area contributed by atoms with Crippen molar-refractivity contribution in [1.82, 2.24) is 4.90 Å². The maximum Gasteiger partial charge on any atom is 0.226 e. The van der Waals surface area contributed by atoms with Gasteiger partial charge >= 0.3 is 0 Å². The van der Waals surface area contributed by atoms with Crippen LogP contribution < -0.4 is 5.73 Å². The van der Waals surface area contributed by atoms with Crippen molar-refractivity contribution in [3.8, 4) is 0 Å². The van der Waals surface area contributed by atoms with Gasteiger partial charge in [-0.2, -0.15) is 0 Å². The number of carbonyl (C=O) groups is 1. The number of fused-ring (bicyclic) bond motifs is 1. The summed E-state index contributed by atoms with van der Waals surface area (Å²) in [5, 5.41) is 2.20. The van der Waals surface area contributed by atoms with Crippen molar-refractivity contribution in [2.45, 2.75) is 57.0 Å². The summed E-state index contributed by atoms with van der Waals surface area (Å²) in [5.74, 6) is 1.36. The van der Waals surface area contributed by atoms with Crippen LogP contribution in [0.15, 0.2) is 11.4 Å². The Hall–Kier alpha value is -0.870. The van der Waals surface area contributed by atoms with Crippen LogP contribution in [0.2, 0.25) is 0 Å². The van der Waals surface area contributed by atoms with E-state index in [0.29, 0.717) is 23.9 Å². The van der Waals surface area contributed by atoms with Crippen molar-refractivity contribution in [2.75, 3.05) is 6.54 Å². The van der Waals surface area contributed by atoms with Crippen LogP contribution >= 0.6 is 11.3 Å². The van der Waals surface area contributed by atoms with Crippen LogP contribution in [0, 0.1) is 11.8 Å². The highest BCUT2D eigenvalue weighted by Gasteiger charge is 2.43. The molecular weight excluding hydrogens is 280 g/mol. The Morgan fingerprint density at radius 3 is 2.67 bits per heavy atom. The molecule has 21 heavy (non-hydrogen) atoms. The fraction of sp³-hybridized carbons (Fsp3) is 0.706. The van der Waals surface area contributed by atoms with Gasteiger partial charge in [0.15, 0.2) is 0 Å². The topological polar surface area (TPSA) is 46.3 Å². The molecular formula is C17H24N2OS. The Morgan fingerprint density at radius 1 is 1.19 bits per heavy atom. The average Bonchev–Trinajstić information content (AvgIpc) is 3.22. The summed E-state index contributed by atoms with van der Waals surface area (Å²) < 4.78 is 0. The van der Waals surface area contributed by atoms with Crippen LogP contribution in [-0.2, 0) is 11.2 Å². The highest BCUT2D eigenvalue weighted by molar-refractivity contribution is 7.10. The van der Waals surface area contributed by atoms with Gasteiger partial charge in [0, 0.05) is 23.4 Å². The number of hydrogen-bond donors (Lipinski definition) is 1. The fourth-order valence-electron chi connectivity index (χ4n) is 4.11. The van der Waals surface area contributed by atoms with E-state index in [9.17, 15) is 4.79 Å². The van der Waals surface area contributed by atoms with Gasteiger partial charge in [0.2, 0.25) is 5.91 Å². The number of hydrogen-bond acceptors (Lipinski definition) is 3. The Labute approximate surface area is 130 Å². The number of rotatable bonds is 2. The lowest BCUT2D eigenvalue weighted by atomic mass is 9.84. The van der Waals surface area contributed by atoms with Gasteiger partial charge in [0.1, 0.15) is 0 Å². The monoisotopic (exact) mass is 304 g/mol. The minimum atomic E-state index is 0.228. The minimum absolute atomic E-state index is 0.228. The second-order valence-electron chi connectivity index (χ2n) is 6.97. The molecule has 0 radical (unpaired) electrons. The molecule has 1 atom stereocenters. The minimum Gasteiger partial charge on any atom is -0.335 e. The van der Waals surface area contributed by atoms with Crippen LogP contribution in [0.1, 0.15) is 55.0 Å². The van der Waals surface area contributed by atoms with E-state index < -0.39 is 0 Å². The molecule has 3 nitrogen and oxygen atoms in total. The summed E-state index contributed by atoms with van der Waals surface area (Å²) in [6.45, 7) is 0.927. The highest BCUT2D eigenvalue weighted by Crippen LogP contribution is 2.49. The van der Waals surface area contributed by atoms with Crippen LogP contribution in [0.3, 0.4) is 0 Å². The molecule has 114 valence electrons. The second kappa shape index (κ2) is 5.40. The molecule has 1 aliphatic heterocycles. The first-order chi connectivity index (χ1) is 10.2. The van der Waals surface area contributed by atoms with E-state index in [0.717, 1.165) is 38.6 Å². The van der Waals surface area contributed by atoms with Gasteiger partial charge in [-0.3, -0.25) is 4.79 Å². The third-order valence-electron chi connectivity index (χ3n) is 5.49. The fourth-order valence-corrected chi connectivity index (χ4v) is 5.03. The average molecular weight is 304 g/mol. The van der Waals surface area contributed by atoms with E-state index >= 15 is 0 Å². The first-order valence-corrected chi connectivity index (χ1v) is 9.24. The lowest BCUT2D eigenvalue weighted by Gasteiger charge is -2.39. The lowest BCUT2D eigenvalue weighted by Crippen LogP contribution is -2.45. The maximum atomic E-state index is 13.0. The molecule has 0 saturated heterocycles. The first kappa shape index (κ1) is 13.8. The van der Waals surface area contributed by atoms with Crippen LogP contribution in [0.4, 0.5) is 0 Å². The number of thiophene rings is 1. The highest BCUT2D eigenvalue weighted by atomic mass is 32.1. The molecule has 4 heteroatoms. The predicted molar refractivity (Wildman–Crippen MR) is 85.1 cm³/mol. The van der Waals surface area contributed by atoms with Crippen molar-refractivity contribution in [2.24, 2.45) is 17.6 Å². The normalized spacial score (nSPS) is 32.8. The SMILES string of the molecule is NC1CCC(C(=O)N2CCc3sccc3C2C2CC2)CC1. The summed E-state index contributed by atoms with van der Waals surface area (Å²) in [6.07, 6.45) is 7.64. The van der Waals surface area contributed by atoms with Crippen molar-refractivity contribution < 1.29 is 4.79 Å². The largest absolute Gasteiger partial charge is 0.335 e. The molecule has 3 aliphatic rings. The first-order valence-electron chi connectivity index (χ1n) is 8.36. The van der Waals surface area contributed by atoms with Gasteiger partial charge in [-0.25, -0.2) is 0 Å². The zero-order valence-electron chi connectivity index (χ0n) is 12.5. The number of amides is 1. The van der Waals surface area contributed by atoms with E-state index in [1.54, 1.807) is 0 Å². The van der Waals surface area contributed by atoms with Crippen LogP contribution in [-0.4, -0.2) is 23.4 Å². The van der Waals surface area contributed by atoms with E-state index in [1.165, 1.54) is 23.3 Å². The van der Waals surface area contributed by atoms with Gasteiger partial charge in [-0.15, -0.1) is 11.3 Å². The number of nitrogens with two attached hydrogens (primary N) is 1. The molecule has 2 saturated carbocycles. The maximum absolute atomic E-state index is 13.0. The summed E-state index contributed by atoms with van der Waals surface area (Å²) in [6, 6.07) is 2.96. The third-order valence-corrected chi connectivity index (χ3v) is 6.48. The molecule has 1 unspecified atom stereocenters. The van der Waals surface area contributed by atoms with Crippen molar-refractivity contribution in [3.63, 3.8) is 0 Å². The van der Waals surface area contributed by atoms with Crippen molar-refractivity contribution in [3.05, 3.63) is 21.9 Å². The zero-order valence-corrected chi connectivity index (χ0v) is 13.3. The van der Waals surface area contributed by atoms with E-state index in [4.69, 9.17) is 5.73 Å². The molecule has 0 aromatic carbocycles. The van der Waals surface area contributed by atoms with E-state index in [-0.39, 0.29) is 5.92 Å². The van der Waals surface area contributed by atoms with Crippen LogP contribution in [0.5, 0.6) is 0 Å². The molecule has 2 fully saturated rings. The van der Waals surface area contributed by atoms with Gasteiger partial charge in [-0.1, -0.05) is 0 Å². The Kier molecular flexibility index (Phi) is 3.54. The Morgan fingerprint density at radius 2 is 1.95 bits per heavy atom. The molecule has 1 aromatic rings. The molecule has 1 amide bonds. The molecule has 2 heterocycles. The summed E-state index contributed by atoms with van der Waals surface area (Å²) >= 11 is 1.87. The molecule has 1 aromatic heterocycles. The van der Waals surface area contributed by atoms with E-state index in [2.05, 4.69) is 16.3 Å². The van der Waals surface area contributed by atoms with Crippen LogP contribution in [0.25, 0.3) is 0 Å². The Balaban J connectivity index is 1.55. The molecule has 0 spiro atoms. The van der Waals surface area contributed by atoms with Gasteiger partial charge < -0.3 is 10.6 Å². The standard InChI is InChI=1S/C17H24N2OS/c18-13-5-3-12(4-6-13)17(20)19-9-7-15-14(8-10-21-15)16(19)11-1-2-11/h8,10-13,16H,1-7,9,18H2. The summed E-state index contributed by atoms with van der Waals surface area (Å²) in [5.41, 5.74) is 7.44. The summed E-state index contributed by atoms with van der Waals surface area (Å²) in [4.78, 5) is 16.8.